The molecule has 4 nitrogen and oxygen atoms in total. The molecule has 0 atom stereocenters. The highest BCUT2D eigenvalue weighted by molar-refractivity contribution is 5.70. The molecule has 0 aliphatic heterocycles. The number of allylic oxidation sites excluding steroid dienone is 1. The van der Waals surface area contributed by atoms with Crippen molar-refractivity contribution in [2.75, 3.05) is 13.7 Å². The summed E-state index contributed by atoms with van der Waals surface area (Å²) in [5.74, 6) is 1.03. The summed E-state index contributed by atoms with van der Waals surface area (Å²) in [6.07, 6.45) is 2.01. The monoisotopic (exact) mass is 236 g/mol. The summed E-state index contributed by atoms with van der Waals surface area (Å²) in [5.41, 5.74) is 1.04. The van der Waals surface area contributed by atoms with E-state index in [1.54, 1.807) is 6.07 Å². The van der Waals surface area contributed by atoms with E-state index in [1.807, 2.05) is 12.1 Å². The third-order valence-electron chi connectivity index (χ3n) is 2.22. The summed E-state index contributed by atoms with van der Waals surface area (Å²) >= 11 is 0. The van der Waals surface area contributed by atoms with Crippen LogP contribution in [0.3, 0.4) is 0 Å². The number of hydrogen-bond acceptors (Lipinski definition) is 4. The molecule has 1 aromatic rings. The van der Waals surface area contributed by atoms with Gasteiger partial charge in [0.15, 0.2) is 23.5 Å². The molecule has 4 heteroatoms. The Morgan fingerprint density at radius 1 is 1.47 bits per heavy atom. The number of carbonyl (C=O) groups is 1. The van der Waals surface area contributed by atoms with E-state index >= 15 is 0 Å². The first kappa shape index (κ1) is 13.3. The van der Waals surface area contributed by atoms with E-state index in [0.29, 0.717) is 24.2 Å². The van der Waals surface area contributed by atoms with Gasteiger partial charge in [0.2, 0.25) is 0 Å². The van der Waals surface area contributed by atoms with Gasteiger partial charge >= 0.3 is 0 Å². The van der Waals surface area contributed by atoms with Gasteiger partial charge in [-0.1, -0.05) is 12.6 Å². The van der Waals surface area contributed by atoms with Gasteiger partial charge in [0.25, 0.3) is 0 Å². The van der Waals surface area contributed by atoms with Crippen LogP contribution in [-0.2, 0) is 11.2 Å². The molecule has 0 bridgehead atoms. The average Bonchev–Trinajstić information content (AvgIpc) is 2.37. The molecular weight excluding hydrogens is 220 g/mol. The molecule has 0 saturated carbocycles. The minimum absolute atomic E-state index is 0.0337. The van der Waals surface area contributed by atoms with Crippen LogP contribution in [0.1, 0.15) is 12.0 Å². The SMILES string of the molecule is C=C(C=O)Oc1ccc(CCCO)cc1OC. The summed E-state index contributed by atoms with van der Waals surface area (Å²) in [7, 11) is 1.53. The van der Waals surface area contributed by atoms with Crippen molar-refractivity contribution in [1.82, 2.24) is 0 Å². The Hall–Kier alpha value is -1.81. The van der Waals surface area contributed by atoms with Crippen LogP contribution in [-0.4, -0.2) is 25.1 Å². The van der Waals surface area contributed by atoms with E-state index in [4.69, 9.17) is 14.6 Å². The number of carbonyl (C=O) groups excluding carboxylic acids is 1. The summed E-state index contributed by atoms with van der Waals surface area (Å²) in [6, 6.07) is 5.41. The normalized spacial score (nSPS) is 9.76. The zero-order chi connectivity index (χ0) is 12.7. The van der Waals surface area contributed by atoms with Crippen molar-refractivity contribution in [3.8, 4) is 11.5 Å². The number of hydrogen-bond donors (Lipinski definition) is 1. The second-order valence-electron chi connectivity index (χ2n) is 3.50. The lowest BCUT2D eigenvalue weighted by atomic mass is 10.1. The van der Waals surface area contributed by atoms with Crippen LogP contribution in [0.2, 0.25) is 0 Å². The lowest BCUT2D eigenvalue weighted by molar-refractivity contribution is -0.106. The van der Waals surface area contributed by atoms with Gasteiger partial charge in [-0.25, -0.2) is 0 Å². The highest BCUT2D eigenvalue weighted by atomic mass is 16.5. The van der Waals surface area contributed by atoms with Gasteiger partial charge in [-0.3, -0.25) is 4.79 Å². The van der Waals surface area contributed by atoms with E-state index in [2.05, 4.69) is 6.58 Å². The molecule has 0 amide bonds. The lowest BCUT2D eigenvalue weighted by Crippen LogP contribution is -1.98. The highest BCUT2D eigenvalue weighted by Crippen LogP contribution is 2.29. The molecule has 0 unspecified atom stereocenters. The molecule has 1 aromatic carbocycles. The number of ether oxygens (including phenoxy) is 2. The predicted octanol–water partition coefficient (Wildman–Crippen LogP) is 1.71. The van der Waals surface area contributed by atoms with E-state index < -0.39 is 0 Å². The van der Waals surface area contributed by atoms with Crippen LogP contribution in [0, 0.1) is 0 Å². The van der Waals surface area contributed by atoms with Gasteiger partial charge in [-0.05, 0) is 30.5 Å². The van der Waals surface area contributed by atoms with E-state index in [0.717, 1.165) is 12.0 Å². The molecule has 0 aliphatic rings. The maximum atomic E-state index is 10.4. The smallest absolute Gasteiger partial charge is 0.184 e. The van der Waals surface area contributed by atoms with Gasteiger partial charge in [0.05, 0.1) is 7.11 Å². The summed E-state index contributed by atoms with van der Waals surface area (Å²) < 4.78 is 10.4. The quantitative estimate of drug-likeness (QED) is 0.445. The first-order valence-corrected chi connectivity index (χ1v) is 5.31. The predicted molar refractivity (Wildman–Crippen MR) is 64.2 cm³/mol. The number of rotatable bonds is 7. The Bertz CT molecular complexity index is 398. The summed E-state index contributed by atoms with van der Waals surface area (Å²) in [6.45, 7) is 3.59. The van der Waals surface area contributed by atoms with Crippen molar-refractivity contribution < 1.29 is 19.4 Å². The molecule has 0 aromatic heterocycles. The van der Waals surface area contributed by atoms with Crippen LogP contribution < -0.4 is 9.47 Å². The van der Waals surface area contributed by atoms with Crippen molar-refractivity contribution in [1.29, 1.82) is 0 Å². The Labute approximate surface area is 100 Å². The second-order valence-corrected chi connectivity index (χ2v) is 3.50. The van der Waals surface area contributed by atoms with Crippen LogP contribution in [0.4, 0.5) is 0 Å². The minimum Gasteiger partial charge on any atom is -0.493 e. The molecule has 0 heterocycles. The van der Waals surface area contributed by atoms with Crippen LogP contribution in [0.5, 0.6) is 11.5 Å². The number of aliphatic hydroxyl groups is 1. The Morgan fingerprint density at radius 3 is 2.82 bits per heavy atom. The molecule has 1 rings (SSSR count). The fraction of sp³-hybridized carbons (Fsp3) is 0.308. The third-order valence-corrected chi connectivity index (χ3v) is 2.22. The maximum absolute atomic E-state index is 10.4. The zero-order valence-electron chi connectivity index (χ0n) is 9.81. The van der Waals surface area contributed by atoms with Crippen LogP contribution in [0.25, 0.3) is 0 Å². The fourth-order valence-electron chi connectivity index (χ4n) is 1.40. The number of aryl methyl sites for hydroxylation is 1. The summed E-state index contributed by atoms with van der Waals surface area (Å²) in [4.78, 5) is 10.4. The molecule has 0 fully saturated rings. The fourth-order valence-corrected chi connectivity index (χ4v) is 1.40. The van der Waals surface area contributed by atoms with Gasteiger partial charge in [-0.15, -0.1) is 0 Å². The first-order chi connectivity index (χ1) is 8.21. The maximum Gasteiger partial charge on any atom is 0.184 e. The third kappa shape index (κ3) is 3.92. The number of aliphatic hydroxyl groups excluding tert-OH is 1. The van der Waals surface area contributed by atoms with Gasteiger partial charge in [-0.2, -0.15) is 0 Å². The molecular formula is C13H16O4. The van der Waals surface area contributed by atoms with Crippen molar-refractivity contribution in [2.24, 2.45) is 0 Å². The van der Waals surface area contributed by atoms with Crippen molar-refractivity contribution in [2.45, 2.75) is 12.8 Å². The lowest BCUT2D eigenvalue weighted by Gasteiger charge is -2.10. The van der Waals surface area contributed by atoms with Gasteiger partial charge in [0, 0.05) is 6.61 Å². The number of benzene rings is 1. The topological polar surface area (TPSA) is 55.8 Å². The Balaban J connectivity index is 2.84. The minimum atomic E-state index is 0.0337. The first-order valence-electron chi connectivity index (χ1n) is 5.31. The average molecular weight is 236 g/mol. The summed E-state index contributed by atoms with van der Waals surface area (Å²) in [5, 5.41) is 8.75. The highest BCUT2D eigenvalue weighted by Gasteiger charge is 2.07. The van der Waals surface area contributed by atoms with Crippen molar-refractivity contribution in [3.05, 3.63) is 36.1 Å². The number of aldehydes is 1. The Morgan fingerprint density at radius 2 is 2.24 bits per heavy atom. The molecule has 17 heavy (non-hydrogen) atoms. The Kier molecular flexibility index (Phi) is 5.23. The largest absolute Gasteiger partial charge is 0.493 e. The molecule has 0 spiro atoms. The molecule has 0 aliphatic carbocycles. The van der Waals surface area contributed by atoms with Crippen molar-refractivity contribution >= 4 is 6.29 Å². The second kappa shape index (κ2) is 6.70. The van der Waals surface area contributed by atoms with E-state index in [1.165, 1.54) is 7.11 Å². The molecule has 1 N–H and O–H groups in total. The van der Waals surface area contributed by atoms with Gasteiger partial charge < -0.3 is 14.6 Å². The zero-order valence-corrected chi connectivity index (χ0v) is 9.81. The van der Waals surface area contributed by atoms with Crippen LogP contribution in [0.15, 0.2) is 30.5 Å². The molecule has 0 saturated heterocycles. The number of methoxy groups -OCH3 is 1. The van der Waals surface area contributed by atoms with E-state index in [9.17, 15) is 4.79 Å². The van der Waals surface area contributed by atoms with Crippen molar-refractivity contribution in [3.63, 3.8) is 0 Å². The standard InChI is InChI=1S/C13H16O4/c1-10(9-15)17-12-6-5-11(4-3-7-14)8-13(12)16-2/h5-6,8-9,14H,1,3-4,7H2,2H3. The van der Waals surface area contributed by atoms with Gasteiger partial charge in [0.1, 0.15) is 0 Å². The molecule has 92 valence electrons. The van der Waals surface area contributed by atoms with E-state index in [-0.39, 0.29) is 12.4 Å². The molecule has 0 radical (unpaired) electrons. The van der Waals surface area contributed by atoms with Crippen LogP contribution >= 0.6 is 0 Å².